The van der Waals surface area contributed by atoms with Gasteiger partial charge in [0.25, 0.3) is 0 Å². The van der Waals surface area contributed by atoms with Crippen LogP contribution in [0.3, 0.4) is 0 Å². The maximum absolute atomic E-state index is 13.2. The molecule has 2 N–H and O–H groups in total. The summed E-state index contributed by atoms with van der Waals surface area (Å²) in [6.45, 7) is 0.348. The molecule has 35 heavy (non-hydrogen) atoms. The third-order valence-electron chi connectivity index (χ3n) is 5.47. The van der Waals surface area contributed by atoms with Gasteiger partial charge in [-0.15, -0.1) is 0 Å². The molecule has 0 fully saturated rings. The minimum absolute atomic E-state index is 0.0446. The third-order valence-corrected chi connectivity index (χ3v) is 6.93. The number of ether oxygens (including phenoxy) is 4. The number of sulfonamides is 1. The molecule has 1 aliphatic heterocycles. The van der Waals surface area contributed by atoms with Crippen LogP contribution in [0.25, 0.3) is 0 Å². The Morgan fingerprint density at radius 3 is 2.40 bits per heavy atom. The molecule has 3 aromatic carbocycles. The average Bonchev–Trinajstić information content (AvgIpc) is 3.35. The third kappa shape index (κ3) is 5.84. The van der Waals surface area contributed by atoms with Gasteiger partial charge in [0.1, 0.15) is 6.04 Å². The zero-order valence-electron chi connectivity index (χ0n) is 19.3. The van der Waals surface area contributed by atoms with Crippen molar-refractivity contribution in [3.05, 3.63) is 77.9 Å². The first-order valence-electron chi connectivity index (χ1n) is 10.8. The van der Waals surface area contributed by atoms with E-state index in [0.29, 0.717) is 17.2 Å². The summed E-state index contributed by atoms with van der Waals surface area (Å²) in [5.74, 6) is 1.45. The highest BCUT2D eigenvalue weighted by Gasteiger charge is 2.27. The Morgan fingerprint density at radius 1 is 0.914 bits per heavy atom. The van der Waals surface area contributed by atoms with E-state index in [4.69, 9.17) is 18.9 Å². The van der Waals surface area contributed by atoms with Crippen LogP contribution in [-0.2, 0) is 27.8 Å². The van der Waals surface area contributed by atoms with Gasteiger partial charge in [-0.05, 0) is 41.8 Å². The first-order chi connectivity index (χ1) is 16.9. The van der Waals surface area contributed by atoms with Crippen LogP contribution in [0.1, 0.15) is 11.1 Å². The number of methoxy groups -OCH3 is 2. The second-order valence-corrected chi connectivity index (χ2v) is 9.50. The fraction of sp³-hybridized carbons (Fsp3) is 0.240. The van der Waals surface area contributed by atoms with Crippen molar-refractivity contribution in [1.29, 1.82) is 0 Å². The molecule has 0 unspecified atom stereocenters. The van der Waals surface area contributed by atoms with Crippen LogP contribution in [0.4, 0.5) is 0 Å². The van der Waals surface area contributed by atoms with Gasteiger partial charge in [0.2, 0.25) is 22.7 Å². The highest BCUT2D eigenvalue weighted by atomic mass is 32.2. The van der Waals surface area contributed by atoms with Gasteiger partial charge in [0.15, 0.2) is 23.0 Å². The standard InChI is InChI=1S/C25H26N2O7S/c1-31-21-11-9-19(14-23(21)32-2)35(29,30)27-20(12-17-6-4-3-5-7-17)25(28)26-15-18-8-10-22-24(13-18)34-16-33-22/h3-11,13-14,20,27H,12,15-16H2,1-2H3,(H,26,28)/t20-/m0/s1. The Labute approximate surface area is 204 Å². The molecule has 0 aliphatic carbocycles. The lowest BCUT2D eigenvalue weighted by atomic mass is 10.1. The van der Waals surface area contributed by atoms with Crippen molar-refractivity contribution in [2.45, 2.75) is 23.9 Å². The van der Waals surface area contributed by atoms with E-state index in [1.54, 1.807) is 12.1 Å². The van der Waals surface area contributed by atoms with Crippen molar-refractivity contribution < 1.29 is 32.2 Å². The van der Waals surface area contributed by atoms with E-state index < -0.39 is 22.0 Å². The lowest BCUT2D eigenvalue weighted by molar-refractivity contribution is -0.122. The number of rotatable bonds is 10. The summed E-state index contributed by atoms with van der Waals surface area (Å²) in [5, 5.41) is 2.82. The highest BCUT2D eigenvalue weighted by Crippen LogP contribution is 2.32. The quantitative estimate of drug-likeness (QED) is 0.442. The van der Waals surface area contributed by atoms with Crippen molar-refractivity contribution in [2.75, 3.05) is 21.0 Å². The zero-order valence-corrected chi connectivity index (χ0v) is 20.1. The molecule has 0 aromatic heterocycles. The van der Waals surface area contributed by atoms with E-state index in [2.05, 4.69) is 10.0 Å². The molecule has 1 aliphatic rings. The molecule has 4 rings (SSSR count). The molecule has 1 atom stereocenters. The number of nitrogens with one attached hydrogen (secondary N) is 2. The maximum Gasteiger partial charge on any atom is 0.241 e. The van der Waals surface area contributed by atoms with E-state index in [1.165, 1.54) is 32.4 Å². The summed E-state index contributed by atoms with van der Waals surface area (Å²) >= 11 is 0. The van der Waals surface area contributed by atoms with Crippen LogP contribution in [0.2, 0.25) is 0 Å². The summed E-state index contributed by atoms with van der Waals surface area (Å²) < 4.78 is 50.0. The first-order valence-corrected chi connectivity index (χ1v) is 12.3. The van der Waals surface area contributed by atoms with Gasteiger partial charge in [-0.25, -0.2) is 8.42 Å². The summed E-state index contributed by atoms with van der Waals surface area (Å²) in [6, 6.07) is 17.8. The number of hydrogen-bond acceptors (Lipinski definition) is 7. The van der Waals surface area contributed by atoms with E-state index in [1.807, 2.05) is 36.4 Å². The van der Waals surface area contributed by atoms with Crippen LogP contribution in [0.15, 0.2) is 71.6 Å². The van der Waals surface area contributed by atoms with Crippen LogP contribution in [-0.4, -0.2) is 41.4 Å². The lowest BCUT2D eigenvalue weighted by Gasteiger charge is -2.19. The van der Waals surface area contributed by atoms with Crippen LogP contribution >= 0.6 is 0 Å². The van der Waals surface area contributed by atoms with Crippen molar-refractivity contribution in [3.8, 4) is 23.0 Å². The number of hydrogen-bond donors (Lipinski definition) is 2. The van der Waals surface area contributed by atoms with Crippen molar-refractivity contribution in [1.82, 2.24) is 10.0 Å². The number of fused-ring (bicyclic) bond motifs is 1. The highest BCUT2D eigenvalue weighted by molar-refractivity contribution is 7.89. The smallest absolute Gasteiger partial charge is 0.241 e. The molecule has 0 saturated carbocycles. The van der Waals surface area contributed by atoms with Crippen LogP contribution < -0.4 is 29.0 Å². The van der Waals surface area contributed by atoms with E-state index in [-0.39, 0.29) is 30.4 Å². The molecule has 0 spiro atoms. The van der Waals surface area contributed by atoms with E-state index >= 15 is 0 Å². The fourth-order valence-corrected chi connectivity index (χ4v) is 4.85. The Morgan fingerprint density at radius 2 is 1.66 bits per heavy atom. The lowest BCUT2D eigenvalue weighted by Crippen LogP contribution is -2.47. The second kappa shape index (κ2) is 10.7. The molecule has 184 valence electrons. The van der Waals surface area contributed by atoms with Crippen LogP contribution in [0.5, 0.6) is 23.0 Å². The summed E-state index contributed by atoms with van der Waals surface area (Å²) in [4.78, 5) is 13.1. The predicted octanol–water partition coefficient (Wildman–Crippen LogP) is 2.64. The summed E-state index contributed by atoms with van der Waals surface area (Å²) in [6.07, 6.45) is 0.167. The molecule has 3 aromatic rings. The Hall–Kier alpha value is -3.76. The fourth-order valence-electron chi connectivity index (χ4n) is 3.64. The van der Waals surface area contributed by atoms with E-state index in [9.17, 15) is 13.2 Å². The first kappa shape index (κ1) is 24.4. The predicted molar refractivity (Wildman–Crippen MR) is 128 cm³/mol. The minimum Gasteiger partial charge on any atom is -0.493 e. The molecular formula is C25H26N2O7S. The molecule has 1 amide bonds. The largest absolute Gasteiger partial charge is 0.493 e. The molecule has 9 nitrogen and oxygen atoms in total. The normalized spacial score (nSPS) is 13.2. The Bertz CT molecular complexity index is 1300. The van der Waals surface area contributed by atoms with Crippen molar-refractivity contribution in [3.63, 3.8) is 0 Å². The molecule has 1 heterocycles. The van der Waals surface area contributed by atoms with Gasteiger partial charge in [-0.3, -0.25) is 4.79 Å². The molecular weight excluding hydrogens is 472 g/mol. The van der Waals surface area contributed by atoms with Gasteiger partial charge >= 0.3 is 0 Å². The maximum atomic E-state index is 13.2. The SMILES string of the molecule is COc1ccc(S(=O)(=O)N[C@@H](Cc2ccccc2)C(=O)NCc2ccc3c(c2)OCO3)cc1OC. The molecule has 0 radical (unpaired) electrons. The number of amides is 1. The van der Waals surface area contributed by atoms with Gasteiger partial charge in [-0.1, -0.05) is 36.4 Å². The summed E-state index contributed by atoms with van der Waals surface area (Å²) in [7, 11) is -1.17. The van der Waals surface area contributed by atoms with Gasteiger partial charge in [0, 0.05) is 12.6 Å². The van der Waals surface area contributed by atoms with Crippen LogP contribution in [0, 0.1) is 0 Å². The number of carbonyl (C=O) groups is 1. The number of carbonyl (C=O) groups excluding carboxylic acids is 1. The zero-order chi connectivity index (χ0) is 24.8. The molecule has 0 bridgehead atoms. The second-order valence-electron chi connectivity index (χ2n) is 7.79. The Kier molecular flexibility index (Phi) is 7.42. The van der Waals surface area contributed by atoms with Gasteiger partial charge < -0.3 is 24.3 Å². The monoisotopic (exact) mass is 498 g/mol. The molecule has 0 saturated heterocycles. The molecule has 10 heteroatoms. The van der Waals surface area contributed by atoms with Gasteiger partial charge in [-0.2, -0.15) is 4.72 Å². The topological polar surface area (TPSA) is 112 Å². The van der Waals surface area contributed by atoms with Crippen molar-refractivity contribution in [2.24, 2.45) is 0 Å². The number of benzene rings is 3. The minimum atomic E-state index is -4.06. The Balaban J connectivity index is 1.53. The van der Waals surface area contributed by atoms with E-state index in [0.717, 1.165) is 11.1 Å². The summed E-state index contributed by atoms with van der Waals surface area (Å²) in [5.41, 5.74) is 1.61. The average molecular weight is 499 g/mol. The van der Waals surface area contributed by atoms with Gasteiger partial charge in [0.05, 0.1) is 19.1 Å². The van der Waals surface area contributed by atoms with Crippen molar-refractivity contribution >= 4 is 15.9 Å².